The van der Waals surface area contributed by atoms with Crippen LogP contribution in [0.5, 0.6) is 0 Å². The molecule has 118 valence electrons. The molecule has 0 spiro atoms. The maximum atomic E-state index is 11.9. The lowest BCUT2D eigenvalue weighted by Gasteiger charge is -2.02. The van der Waals surface area contributed by atoms with E-state index >= 15 is 0 Å². The number of nitrogens with zero attached hydrogens (tertiary/aromatic N) is 5. The lowest BCUT2D eigenvalue weighted by Crippen LogP contribution is -2.20. The van der Waals surface area contributed by atoms with Gasteiger partial charge in [-0.05, 0) is 18.8 Å². The minimum Gasteiger partial charge on any atom is -0.360 e. The van der Waals surface area contributed by atoms with E-state index in [2.05, 4.69) is 15.5 Å². The topological polar surface area (TPSA) is 117 Å². The molecule has 0 radical (unpaired) electrons. The Balaban J connectivity index is 1.95. The third-order valence-electron chi connectivity index (χ3n) is 2.79. The van der Waals surface area contributed by atoms with E-state index in [1.54, 1.807) is 17.8 Å². The number of aromatic nitrogens is 4. The standard InChI is InChI=1S/C12H16N6O4/c1-3-22-8-16-6-10(5-13-16)14-12(19)7-17-9(2)4-11(15-17)18(20)21/h4-6H,3,7-8H2,1-2H3,(H,14,19). The number of carbonyl (C=O) groups excluding carboxylic acids is 1. The largest absolute Gasteiger partial charge is 0.390 e. The monoisotopic (exact) mass is 308 g/mol. The lowest BCUT2D eigenvalue weighted by atomic mass is 10.4. The maximum Gasteiger partial charge on any atom is 0.390 e. The van der Waals surface area contributed by atoms with Crippen molar-refractivity contribution in [2.45, 2.75) is 27.1 Å². The maximum absolute atomic E-state index is 11.9. The van der Waals surface area contributed by atoms with Crippen LogP contribution in [0.25, 0.3) is 0 Å². The molecule has 0 aliphatic carbocycles. The van der Waals surface area contributed by atoms with Gasteiger partial charge in [0.1, 0.15) is 13.3 Å². The van der Waals surface area contributed by atoms with Gasteiger partial charge in [0.15, 0.2) is 0 Å². The van der Waals surface area contributed by atoms with Crippen molar-refractivity contribution in [1.29, 1.82) is 0 Å². The van der Waals surface area contributed by atoms with Crippen molar-refractivity contribution in [2.75, 3.05) is 11.9 Å². The van der Waals surface area contributed by atoms with Gasteiger partial charge in [0.2, 0.25) is 5.91 Å². The minimum absolute atomic E-state index is 0.115. The molecule has 2 heterocycles. The molecule has 0 saturated carbocycles. The summed E-state index contributed by atoms with van der Waals surface area (Å²) in [6.07, 6.45) is 3.13. The Morgan fingerprint density at radius 2 is 2.32 bits per heavy atom. The van der Waals surface area contributed by atoms with Crippen LogP contribution >= 0.6 is 0 Å². The van der Waals surface area contributed by atoms with Gasteiger partial charge in [-0.1, -0.05) is 0 Å². The third-order valence-corrected chi connectivity index (χ3v) is 2.79. The quantitative estimate of drug-likeness (QED) is 0.600. The molecule has 1 amide bonds. The number of amides is 1. The smallest absolute Gasteiger partial charge is 0.360 e. The van der Waals surface area contributed by atoms with Crippen molar-refractivity contribution >= 4 is 17.4 Å². The normalized spacial score (nSPS) is 10.6. The zero-order chi connectivity index (χ0) is 16.1. The van der Waals surface area contributed by atoms with Crippen LogP contribution < -0.4 is 5.32 Å². The average molecular weight is 308 g/mol. The number of anilines is 1. The van der Waals surface area contributed by atoms with Crippen LogP contribution in [0.4, 0.5) is 11.5 Å². The molecule has 0 aliphatic heterocycles. The first-order valence-electron chi connectivity index (χ1n) is 6.58. The first-order valence-corrected chi connectivity index (χ1v) is 6.58. The number of ether oxygens (including phenoxy) is 1. The van der Waals surface area contributed by atoms with Gasteiger partial charge < -0.3 is 20.2 Å². The second-order valence-electron chi connectivity index (χ2n) is 4.50. The van der Waals surface area contributed by atoms with E-state index < -0.39 is 4.92 Å². The van der Waals surface area contributed by atoms with E-state index in [0.717, 1.165) is 0 Å². The van der Waals surface area contributed by atoms with E-state index in [9.17, 15) is 14.9 Å². The summed E-state index contributed by atoms with van der Waals surface area (Å²) in [5.74, 6) is -0.633. The number of rotatable bonds is 7. The molecule has 1 N–H and O–H groups in total. The molecule has 0 atom stereocenters. The highest BCUT2D eigenvalue weighted by molar-refractivity contribution is 5.90. The molecule has 2 rings (SSSR count). The van der Waals surface area contributed by atoms with Gasteiger partial charge in [0, 0.05) is 6.61 Å². The number of aryl methyl sites for hydroxylation is 1. The Hall–Kier alpha value is -2.75. The summed E-state index contributed by atoms with van der Waals surface area (Å²) in [6, 6.07) is 1.31. The second-order valence-corrected chi connectivity index (χ2v) is 4.50. The summed E-state index contributed by atoms with van der Waals surface area (Å²) < 4.78 is 8.00. The SMILES string of the molecule is CCOCn1cc(NC(=O)Cn2nc([N+](=O)[O-])cc2C)cn1. The van der Waals surface area contributed by atoms with E-state index in [1.807, 2.05) is 6.92 Å². The predicted molar refractivity (Wildman–Crippen MR) is 76.1 cm³/mol. The van der Waals surface area contributed by atoms with Crippen molar-refractivity contribution in [3.05, 3.63) is 34.3 Å². The van der Waals surface area contributed by atoms with Crippen LogP contribution in [0, 0.1) is 17.0 Å². The van der Waals surface area contributed by atoms with Crippen LogP contribution in [0.1, 0.15) is 12.6 Å². The van der Waals surface area contributed by atoms with Crippen molar-refractivity contribution in [2.24, 2.45) is 0 Å². The summed E-state index contributed by atoms with van der Waals surface area (Å²) in [5, 5.41) is 21.1. The number of nitrogens with one attached hydrogen (secondary N) is 1. The fourth-order valence-corrected chi connectivity index (χ4v) is 1.76. The molecule has 0 saturated heterocycles. The van der Waals surface area contributed by atoms with Crippen LogP contribution in [0.3, 0.4) is 0 Å². The molecular weight excluding hydrogens is 292 g/mol. The summed E-state index contributed by atoms with van der Waals surface area (Å²) in [4.78, 5) is 22.0. The molecule has 10 heteroatoms. The number of carbonyl (C=O) groups is 1. The Bertz CT molecular complexity index is 677. The van der Waals surface area contributed by atoms with Crippen LogP contribution in [0.2, 0.25) is 0 Å². The summed E-state index contributed by atoms with van der Waals surface area (Å²) in [5.41, 5.74) is 1.05. The van der Waals surface area contributed by atoms with Gasteiger partial charge in [0.25, 0.3) is 0 Å². The van der Waals surface area contributed by atoms with E-state index in [1.165, 1.54) is 16.9 Å². The first kappa shape index (κ1) is 15.6. The summed E-state index contributed by atoms with van der Waals surface area (Å²) >= 11 is 0. The van der Waals surface area contributed by atoms with Gasteiger partial charge in [-0.3, -0.25) is 4.79 Å². The summed E-state index contributed by atoms with van der Waals surface area (Å²) in [7, 11) is 0. The molecule has 0 aliphatic rings. The highest BCUT2D eigenvalue weighted by atomic mass is 16.6. The number of hydrogen-bond acceptors (Lipinski definition) is 6. The van der Waals surface area contributed by atoms with Crippen molar-refractivity contribution in [1.82, 2.24) is 19.6 Å². The first-order chi connectivity index (χ1) is 10.5. The van der Waals surface area contributed by atoms with Gasteiger partial charge in [0.05, 0.1) is 34.9 Å². The average Bonchev–Trinajstić information content (AvgIpc) is 3.04. The summed E-state index contributed by atoms with van der Waals surface area (Å²) in [6.45, 7) is 4.28. The zero-order valence-electron chi connectivity index (χ0n) is 12.2. The molecule has 22 heavy (non-hydrogen) atoms. The fraction of sp³-hybridized carbons (Fsp3) is 0.417. The molecule has 10 nitrogen and oxygen atoms in total. The Morgan fingerprint density at radius 1 is 1.55 bits per heavy atom. The molecule has 0 aromatic carbocycles. The van der Waals surface area contributed by atoms with Crippen LogP contribution in [-0.4, -0.2) is 37.0 Å². The third kappa shape index (κ3) is 3.88. The predicted octanol–water partition coefficient (Wildman–Crippen LogP) is 0.929. The molecular formula is C12H16N6O4. The Morgan fingerprint density at radius 3 is 2.95 bits per heavy atom. The van der Waals surface area contributed by atoms with Crippen molar-refractivity contribution in [3.63, 3.8) is 0 Å². The van der Waals surface area contributed by atoms with E-state index in [0.29, 0.717) is 24.7 Å². The van der Waals surface area contributed by atoms with Gasteiger partial charge in [-0.2, -0.15) is 9.78 Å². The molecule has 0 bridgehead atoms. The zero-order valence-corrected chi connectivity index (χ0v) is 12.2. The Labute approximate surface area is 125 Å². The Kier molecular flexibility index (Phi) is 4.84. The van der Waals surface area contributed by atoms with Crippen LogP contribution in [-0.2, 0) is 22.8 Å². The van der Waals surface area contributed by atoms with Gasteiger partial charge in [-0.25, -0.2) is 4.68 Å². The van der Waals surface area contributed by atoms with Crippen LogP contribution in [0.15, 0.2) is 18.5 Å². The highest BCUT2D eigenvalue weighted by Gasteiger charge is 2.17. The second kappa shape index (κ2) is 6.80. The number of nitro groups is 1. The molecule has 0 unspecified atom stereocenters. The van der Waals surface area contributed by atoms with E-state index in [4.69, 9.17) is 4.74 Å². The van der Waals surface area contributed by atoms with Gasteiger partial charge in [-0.15, -0.1) is 0 Å². The fourth-order valence-electron chi connectivity index (χ4n) is 1.76. The minimum atomic E-state index is -0.598. The number of hydrogen-bond donors (Lipinski definition) is 1. The lowest BCUT2D eigenvalue weighted by molar-refractivity contribution is -0.389. The molecule has 2 aromatic rings. The molecule has 0 fully saturated rings. The molecule has 2 aromatic heterocycles. The van der Waals surface area contributed by atoms with E-state index in [-0.39, 0.29) is 18.3 Å². The van der Waals surface area contributed by atoms with Crippen molar-refractivity contribution < 1.29 is 14.5 Å². The van der Waals surface area contributed by atoms with Gasteiger partial charge >= 0.3 is 5.82 Å². The van der Waals surface area contributed by atoms with Crippen molar-refractivity contribution in [3.8, 4) is 0 Å². The highest BCUT2D eigenvalue weighted by Crippen LogP contribution is 2.11.